The Balaban J connectivity index is 1.69. The van der Waals surface area contributed by atoms with Gasteiger partial charge in [-0.25, -0.2) is 0 Å². The summed E-state index contributed by atoms with van der Waals surface area (Å²) in [5.41, 5.74) is 0. The molecule has 5 heteroatoms. The summed E-state index contributed by atoms with van der Waals surface area (Å²) in [6.45, 7) is 2.07. The van der Waals surface area contributed by atoms with Crippen LogP contribution in [0.4, 0.5) is 0 Å². The molecule has 1 aromatic carbocycles. The maximum absolute atomic E-state index is 11.6. The van der Waals surface area contributed by atoms with Crippen molar-refractivity contribution >= 4 is 21.8 Å². The van der Waals surface area contributed by atoms with Gasteiger partial charge in [0.2, 0.25) is 5.91 Å². The van der Waals surface area contributed by atoms with E-state index >= 15 is 0 Å². The van der Waals surface area contributed by atoms with Crippen molar-refractivity contribution in [1.82, 2.24) is 10.2 Å². The minimum absolute atomic E-state index is 0.0406. The fraction of sp³-hybridized carbons (Fsp3) is 0.462. The number of likely N-dealkylation sites (N-methyl/N-ethyl adjacent to an activating group) is 1. The first-order valence-electron chi connectivity index (χ1n) is 6.03. The summed E-state index contributed by atoms with van der Waals surface area (Å²) in [5.74, 6) is 1.01. The third kappa shape index (κ3) is 3.46. The number of ether oxygens (including phenoxy) is 1. The van der Waals surface area contributed by atoms with Gasteiger partial charge >= 0.3 is 0 Å². The molecule has 0 aliphatic carbocycles. The fourth-order valence-electron chi connectivity index (χ4n) is 1.97. The standard InChI is InChI=1S/C13H17BrN2O2/c1-16-7-5-12(13(16)17)15-6-8-18-11-4-2-3-10(14)9-11/h2-4,9,12,15H,5-8H2,1H3. The fourth-order valence-corrected chi connectivity index (χ4v) is 2.35. The van der Waals surface area contributed by atoms with E-state index in [4.69, 9.17) is 4.74 Å². The topological polar surface area (TPSA) is 41.6 Å². The molecule has 1 aromatic rings. The minimum atomic E-state index is -0.0406. The highest BCUT2D eigenvalue weighted by Gasteiger charge is 2.27. The van der Waals surface area contributed by atoms with Gasteiger partial charge in [-0.1, -0.05) is 22.0 Å². The Labute approximate surface area is 115 Å². The van der Waals surface area contributed by atoms with E-state index in [0.29, 0.717) is 13.2 Å². The molecule has 18 heavy (non-hydrogen) atoms. The smallest absolute Gasteiger partial charge is 0.239 e. The summed E-state index contributed by atoms with van der Waals surface area (Å²) in [7, 11) is 1.84. The van der Waals surface area contributed by atoms with Crippen LogP contribution < -0.4 is 10.1 Å². The van der Waals surface area contributed by atoms with E-state index in [-0.39, 0.29) is 11.9 Å². The van der Waals surface area contributed by atoms with Gasteiger partial charge in [0.15, 0.2) is 0 Å². The summed E-state index contributed by atoms with van der Waals surface area (Å²) in [4.78, 5) is 13.4. The highest BCUT2D eigenvalue weighted by molar-refractivity contribution is 9.10. The molecular weight excluding hydrogens is 296 g/mol. The summed E-state index contributed by atoms with van der Waals surface area (Å²) in [6.07, 6.45) is 0.881. The molecule has 2 rings (SSSR count). The Hall–Kier alpha value is -1.07. The molecule has 0 bridgehead atoms. The van der Waals surface area contributed by atoms with Crippen LogP contribution in [0.25, 0.3) is 0 Å². The van der Waals surface area contributed by atoms with Crippen molar-refractivity contribution in [3.05, 3.63) is 28.7 Å². The largest absolute Gasteiger partial charge is 0.492 e. The molecule has 1 fully saturated rings. The molecule has 1 amide bonds. The van der Waals surface area contributed by atoms with Crippen molar-refractivity contribution in [3.63, 3.8) is 0 Å². The Bertz CT molecular complexity index is 425. The first kappa shape index (κ1) is 13.4. The number of halogens is 1. The molecule has 1 heterocycles. The van der Waals surface area contributed by atoms with Crippen LogP contribution in [0.2, 0.25) is 0 Å². The van der Waals surface area contributed by atoms with Crippen molar-refractivity contribution in [1.29, 1.82) is 0 Å². The lowest BCUT2D eigenvalue weighted by atomic mass is 10.2. The molecule has 0 saturated carbocycles. The van der Waals surface area contributed by atoms with Crippen LogP contribution >= 0.6 is 15.9 Å². The zero-order valence-corrected chi connectivity index (χ0v) is 11.9. The molecule has 4 nitrogen and oxygen atoms in total. The zero-order valence-electron chi connectivity index (χ0n) is 10.4. The number of rotatable bonds is 5. The molecule has 1 saturated heterocycles. The van der Waals surface area contributed by atoms with Gasteiger partial charge < -0.3 is 15.0 Å². The quantitative estimate of drug-likeness (QED) is 0.841. The molecule has 0 spiro atoms. The van der Waals surface area contributed by atoms with E-state index in [1.807, 2.05) is 31.3 Å². The third-order valence-electron chi connectivity index (χ3n) is 2.99. The van der Waals surface area contributed by atoms with Crippen LogP contribution in [0.3, 0.4) is 0 Å². The van der Waals surface area contributed by atoms with Crippen LogP contribution in [0, 0.1) is 0 Å². The molecule has 1 aliphatic rings. The van der Waals surface area contributed by atoms with E-state index in [0.717, 1.165) is 23.2 Å². The molecule has 1 atom stereocenters. The number of likely N-dealkylation sites (tertiary alicyclic amines) is 1. The summed E-state index contributed by atoms with van der Waals surface area (Å²) >= 11 is 3.39. The first-order valence-corrected chi connectivity index (χ1v) is 6.83. The number of carbonyl (C=O) groups excluding carboxylic acids is 1. The van der Waals surface area contributed by atoms with Gasteiger partial charge in [-0.15, -0.1) is 0 Å². The number of benzene rings is 1. The van der Waals surface area contributed by atoms with Crippen molar-refractivity contribution in [2.75, 3.05) is 26.7 Å². The van der Waals surface area contributed by atoms with E-state index in [1.54, 1.807) is 4.90 Å². The van der Waals surface area contributed by atoms with E-state index < -0.39 is 0 Å². The molecule has 1 N–H and O–H groups in total. The second kappa shape index (κ2) is 6.20. The molecule has 1 unspecified atom stereocenters. The van der Waals surface area contributed by atoms with Gasteiger partial charge in [0.05, 0.1) is 6.04 Å². The highest BCUT2D eigenvalue weighted by Crippen LogP contribution is 2.17. The van der Waals surface area contributed by atoms with E-state index in [1.165, 1.54) is 0 Å². The number of nitrogens with one attached hydrogen (secondary N) is 1. The summed E-state index contributed by atoms with van der Waals surface area (Å²) in [6, 6.07) is 7.69. The molecular formula is C13H17BrN2O2. The second-order valence-electron chi connectivity index (χ2n) is 4.36. The minimum Gasteiger partial charge on any atom is -0.492 e. The predicted octanol–water partition coefficient (Wildman–Crippen LogP) is 1.65. The predicted molar refractivity (Wildman–Crippen MR) is 73.7 cm³/mol. The van der Waals surface area contributed by atoms with Crippen LogP contribution in [0.15, 0.2) is 28.7 Å². The summed E-state index contributed by atoms with van der Waals surface area (Å²) in [5, 5.41) is 3.22. The van der Waals surface area contributed by atoms with E-state index in [9.17, 15) is 4.79 Å². The lowest BCUT2D eigenvalue weighted by molar-refractivity contribution is -0.128. The Morgan fingerprint density at radius 3 is 3.06 bits per heavy atom. The maximum Gasteiger partial charge on any atom is 0.239 e. The van der Waals surface area contributed by atoms with Crippen LogP contribution in [-0.4, -0.2) is 43.6 Å². The van der Waals surface area contributed by atoms with Gasteiger partial charge in [0, 0.05) is 24.6 Å². The van der Waals surface area contributed by atoms with Crippen molar-refractivity contribution in [2.24, 2.45) is 0 Å². The second-order valence-corrected chi connectivity index (χ2v) is 5.28. The normalized spacial score (nSPS) is 19.3. The molecule has 0 radical (unpaired) electrons. The van der Waals surface area contributed by atoms with E-state index in [2.05, 4.69) is 21.2 Å². The summed E-state index contributed by atoms with van der Waals surface area (Å²) < 4.78 is 6.59. The third-order valence-corrected chi connectivity index (χ3v) is 3.48. The Morgan fingerprint density at radius 2 is 2.39 bits per heavy atom. The molecule has 98 valence electrons. The van der Waals surface area contributed by atoms with Crippen molar-refractivity contribution in [3.8, 4) is 5.75 Å². The average Bonchev–Trinajstić information content (AvgIpc) is 2.66. The highest BCUT2D eigenvalue weighted by atomic mass is 79.9. The lowest BCUT2D eigenvalue weighted by Gasteiger charge is -2.12. The van der Waals surface area contributed by atoms with Gasteiger partial charge in [-0.3, -0.25) is 4.79 Å². The Morgan fingerprint density at radius 1 is 1.56 bits per heavy atom. The van der Waals surface area contributed by atoms with Crippen molar-refractivity contribution < 1.29 is 9.53 Å². The SMILES string of the molecule is CN1CCC(NCCOc2cccc(Br)c2)C1=O. The average molecular weight is 313 g/mol. The van der Waals surface area contributed by atoms with Gasteiger partial charge in [0.25, 0.3) is 0 Å². The Kier molecular flexibility index (Phi) is 4.60. The monoisotopic (exact) mass is 312 g/mol. The van der Waals surface area contributed by atoms with Crippen LogP contribution in [0.1, 0.15) is 6.42 Å². The number of carbonyl (C=O) groups is 1. The number of amides is 1. The molecule has 1 aliphatic heterocycles. The van der Waals surface area contributed by atoms with Gasteiger partial charge in [-0.05, 0) is 24.6 Å². The van der Waals surface area contributed by atoms with Crippen LogP contribution in [-0.2, 0) is 4.79 Å². The maximum atomic E-state index is 11.6. The lowest BCUT2D eigenvalue weighted by Crippen LogP contribution is -2.38. The number of hydrogen-bond acceptors (Lipinski definition) is 3. The zero-order chi connectivity index (χ0) is 13.0. The van der Waals surface area contributed by atoms with Crippen molar-refractivity contribution in [2.45, 2.75) is 12.5 Å². The number of hydrogen-bond donors (Lipinski definition) is 1. The van der Waals surface area contributed by atoms with Gasteiger partial charge in [-0.2, -0.15) is 0 Å². The first-order chi connectivity index (χ1) is 8.66. The van der Waals surface area contributed by atoms with Gasteiger partial charge in [0.1, 0.15) is 12.4 Å². The number of nitrogens with zero attached hydrogens (tertiary/aromatic N) is 1. The molecule has 0 aromatic heterocycles. The van der Waals surface area contributed by atoms with Crippen LogP contribution in [0.5, 0.6) is 5.75 Å².